The highest BCUT2D eigenvalue weighted by molar-refractivity contribution is 7.91. The van der Waals surface area contributed by atoms with Crippen molar-refractivity contribution in [3.8, 4) is 0 Å². The number of rotatable bonds is 10. The van der Waals surface area contributed by atoms with Gasteiger partial charge in [-0.3, -0.25) is 4.79 Å². The minimum Gasteiger partial charge on any atom is -0.444 e. The molecule has 0 saturated carbocycles. The molecule has 1 N–H and O–H groups in total. The Hall–Kier alpha value is -2.67. The van der Waals surface area contributed by atoms with Gasteiger partial charge in [-0.1, -0.05) is 48.0 Å². The van der Waals surface area contributed by atoms with E-state index in [0.29, 0.717) is 12.8 Å². The van der Waals surface area contributed by atoms with Crippen LogP contribution in [0.25, 0.3) is 0 Å². The highest BCUT2D eigenvalue weighted by Crippen LogP contribution is 2.15. The Morgan fingerprint density at radius 3 is 2.19 bits per heavy atom. The van der Waals surface area contributed by atoms with Gasteiger partial charge in [-0.25, -0.2) is 13.2 Å². The Morgan fingerprint density at radius 2 is 1.59 bits per heavy atom. The van der Waals surface area contributed by atoms with E-state index >= 15 is 0 Å². The van der Waals surface area contributed by atoms with Crippen molar-refractivity contribution in [2.75, 3.05) is 5.75 Å². The normalized spacial score (nSPS) is 12.8. The number of amides is 1. The Labute approximate surface area is 191 Å². The lowest BCUT2D eigenvalue weighted by atomic mass is 10.00. The molecule has 0 spiro atoms. The summed E-state index contributed by atoms with van der Waals surface area (Å²) in [7, 11) is -3.51. The number of aryl methyl sites for hydroxylation is 1. The first kappa shape index (κ1) is 25.6. The van der Waals surface area contributed by atoms with Gasteiger partial charge in [-0.05, 0) is 58.2 Å². The number of carbonyl (C=O) groups excluding carboxylic acids is 2. The van der Waals surface area contributed by atoms with Gasteiger partial charge in [0.1, 0.15) is 11.4 Å². The third kappa shape index (κ3) is 9.22. The number of benzene rings is 2. The van der Waals surface area contributed by atoms with E-state index in [1.165, 1.54) is 0 Å². The summed E-state index contributed by atoms with van der Waals surface area (Å²) in [6.07, 6.45) is 0.539. The van der Waals surface area contributed by atoms with Crippen LogP contribution < -0.4 is 5.32 Å². The van der Waals surface area contributed by atoms with E-state index in [4.69, 9.17) is 4.74 Å². The molecule has 2 aromatic carbocycles. The molecule has 0 aromatic heterocycles. The minimum absolute atomic E-state index is 0.0549. The molecule has 6 nitrogen and oxygen atoms in total. The highest BCUT2D eigenvalue weighted by atomic mass is 32.2. The van der Waals surface area contributed by atoms with Gasteiger partial charge < -0.3 is 10.1 Å². The molecule has 0 aliphatic heterocycles. The van der Waals surface area contributed by atoms with Gasteiger partial charge >= 0.3 is 6.09 Å². The summed E-state index contributed by atoms with van der Waals surface area (Å²) >= 11 is 0. The van der Waals surface area contributed by atoms with Crippen LogP contribution in [0.3, 0.4) is 0 Å². The number of nitrogens with one attached hydrogen (secondary N) is 1. The van der Waals surface area contributed by atoms with E-state index in [2.05, 4.69) is 5.32 Å². The topological polar surface area (TPSA) is 89.5 Å². The maximum atomic E-state index is 12.5. The van der Waals surface area contributed by atoms with Crippen LogP contribution in [0.1, 0.15) is 51.2 Å². The molecule has 0 aliphatic rings. The molecular formula is C25H33NO5S. The number of hydrogen-bond donors (Lipinski definition) is 1. The van der Waals surface area contributed by atoms with Crippen LogP contribution in [-0.2, 0) is 25.8 Å². The predicted octanol–water partition coefficient (Wildman–Crippen LogP) is 4.64. The molecule has 1 amide bonds. The molecule has 7 heteroatoms. The number of hydrogen-bond acceptors (Lipinski definition) is 5. The Kier molecular flexibility index (Phi) is 9.01. The largest absolute Gasteiger partial charge is 0.444 e. The summed E-state index contributed by atoms with van der Waals surface area (Å²) in [6.45, 7) is 7.25. The van der Waals surface area contributed by atoms with E-state index in [9.17, 15) is 18.0 Å². The molecule has 174 valence electrons. The van der Waals surface area contributed by atoms with Crippen LogP contribution in [0, 0.1) is 6.92 Å². The molecular weight excluding hydrogens is 426 g/mol. The molecule has 0 heterocycles. The van der Waals surface area contributed by atoms with Gasteiger partial charge in [-0.15, -0.1) is 0 Å². The smallest absolute Gasteiger partial charge is 0.407 e. The fourth-order valence-electron chi connectivity index (χ4n) is 3.17. The molecule has 2 aromatic rings. The number of carbonyl (C=O) groups is 2. The van der Waals surface area contributed by atoms with Crippen molar-refractivity contribution in [2.45, 2.75) is 69.9 Å². The summed E-state index contributed by atoms with van der Waals surface area (Å²) in [5.41, 5.74) is 1.38. The Bertz CT molecular complexity index is 993. The summed E-state index contributed by atoms with van der Waals surface area (Å²) in [5, 5.41) is 2.85. The third-order valence-electron chi connectivity index (χ3n) is 4.85. The zero-order valence-corrected chi connectivity index (χ0v) is 20.1. The molecule has 0 fully saturated rings. The zero-order valence-electron chi connectivity index (χ0n) is 19.3. The van der Waals surface area contributed by atoms with Gasteiger partial charge in [0.2, 0.25) is 0 Å². The fraction of sp³-hybridized carbons (Fsp3) is 0.440. The van der Waals surface area contributed by atoms with Crippen LogP contribution in [0.4, 0.5) is 4.79 Å². The van der Waals surface area contributed by atoms with Crippen molar-refractivity contribution < 1.29 is 22.7 Å². The van der Waals surface area contributed by atoms with Gasteiger partial charge in [0, 0.05) is 18.9 Å². The molecule has 0 radical (unpaired) electrons. The number of Topliss-reactive ketones (excluding diaryl/α,β-unsaturated/α-hetero) is 1. The molecule has 0 bridgehead atoms. The van der Waals surface area contributed by atoms with E-state index in [1.54, 1.807) is 45.0 Å². The Morgan fingerprint density at radius 1 is 0.969 bits per heavy atom. The first-order chi connectivity index (χ1) is 14.9. The van der Waals surface area contributed by atoms with Crippen LogP contribution in [0.5, 0.6) is 0 Å². The van der Waals surface area contributed by atoms with Crippen LogP contribution in [0.2, 0.25) is 0 Å². The van der Waals surface area contributed by atoms with Crippen LogP contribution >= 0.6 is 0 Å². The lowest BCUT2D eigenvalue weighted by Gasteiger charge is -2.23. The lowest BCUT2D eigenvalue weighted by Crippen LogP contribution is -2.40. The summed E-state index contributed by atoms with van der Waals surface area (Å²) in [4.78, 5) is 24.9. The number of sulfone groups is 1. The number of ether oxygens (including phenoxy) is 1. The first-order valence-electron chi connectivity index (χ1n) is 10.8. The zero-order chi connectivity index (χ0) is 23.8. The van der Waals surface area contributed by atoms with E-state index < -0.39 is 21.5 Å². The molecule has 0 saturated heterocycles. The summed E-state index contributed by atoms with van der Waals surface area (Å²) < 4.78 is 30.3. The van der Waals surface area contributed by atoms with Crippen LogP contribution in [0.15, 0.2) is 59.5 Å². The van der Waals surface area contributed by atoms with Gasteiger partial charge in [0.15, 0.2) is 9.84 Å². The second-order valence-corrected chi connectivity index (χ2v) is 11.1. The van der Waals surface area contributed by atoms with Gasteiger partial charge in [0.25, 0.3) is 0 Å². The molecule has 2 rings (SSSR count). The third-order valence-corrected chi connectivity index (χ3v) is 6.58. The molecule has 1 atom stereocenters. The van der Waals surface area contributed by atoms with Crippen LogP contribution in [-0.4, -0.2) is 37.7 Å². The van der Waals surface area contributed by atoms with Crippen molar-refractivity contribution in [3.05, 3.63) is 65.7 Å². The van der Waals surface area contributed by atoms with Crippen molar-refractivity contribution in [1.29, 1.82) is 0 Å². The molecule has 0 aliphatic carbocycles. The summed E-state index contributed by atoms with van der Waals surface area (Å²) in [6, 6.07) is 16.0. The van der Waals surface area contributed by atoms with E-state index in [1.807, 2.05) is 37.3 Å². The molecule has 0 unspecified atom stereocenters. The summed E-state index contributed by atoms with van der Waals surface area (Å²) in [5.74, 6) is -0.373. The standard InChI is InChI=1S/C25H33NO5S/c1-19-10-14-23(15-11-19)32(29,30)17-16-22(27)13-12-21(18-20-8-6-5-7-9-20)26-24(28)31-25(2,3)4/h5-11,14-15,21H,12-13,16-18H2,1-4H3,(H,26,28)/t21-/m0/s1. The van der Waals surface area contributed by atoms with E-state index in [-0.39, 0.29) is 35.3 Å². The number of ketones is 1. The predicted molar refractivity (Wildman–Crippen MR) is 125 cm³/mol. The monoisotopic (exact) mass is 459 g/mol. The van der Waals surface area contributed by atoms with Crippen molar-refractivity contribution in [1.82, 2.24) is 5.32 Å². The average Bonchev–Trinajstić information content (AvgIpc) is 2.70. The maximum absolute atomic E-state index is 12.5. The van der Waals surface area contributed by atoms with Crippen molar-refractivity contribution in [2.24, 2.45) is 0 Å². The minimum atomic E-state index is -3.51. The maximum Gasteiger partial charge on any atom is 0.407 e. The van der Waals surface area contributed by atoms with Crippen molar-refractivity contribution in [3.63, 3.8) is 0 Å². The highest BCUT2D eigenvalue weighted by Gasteiger charge is 2.21. The molecule has 32 heavy (non-hydrogen) atoms. The average molecular weight is 460 g/mol. The SMILES string of the molecule is Cc1ccc(S(=O)(=O)CCC(=O)CC[C@@H](Cc2ccccc2)NC(=O)OC(C)(C)C)cc1. The lowest BCUT2D eigenvalue weighted by molar-refractivity contribution is -0.118. The van der Waals surface area contributed by atoms with Gasteiger partial charge in [0.05, 0.1) is 10.6 Å². The first-order valence-corrected chi connectivity index (χ1v) is 12.4. The Balaban J connectivity index is 1.94. The number of alkyl carbamates (subject to hydrolysis) is 1. The fourth-order valence-corrected chi connectivity index (χ4v) is 4.45. The second-order valence-electron chi connectivity index (χ2n) is 8.99. The van der Waals surface area contributed by atoms with Gasteiger partial charge in [-0.2, -0.15) is 0 Å². The second kappa shape index (κ2) is 11.3. The van der Waals surface area contributed by atoms with Crippen molar-refractivity contribution >= 4 is 21.7 Å². The van der Waals surface area contributed by atoms with E-state index in [0.717, 1.165) is 11.1 Å². The quantitative estimate of drug-likeness (QED) is 0.559.